The number of carbonyl (C=O) groups excluding carboxylic acids is 9. The number of nitrogens with one attached hydrogen (secondary N) is 8. The fourth-order valence-corrected chi connectivity index (χ4v) is 6.94. The number of carbonyl (C=O) groups is 9. The van der Waals surface area contributed by atoms with Crippen LogP contribution in [0.5, 0.6) is 0 Å². The molecule has 0 aliphatic carbocycles. The molecule has 0 rings (SSSR count). The van der Waals surface area contributed by atoms with E-state index in [4.69, 9.17) is 9.47 Å². The van der Waals surface area contributed by atoms with Gasteiger partial charge in [-0.3, -0.25) is 38.4 Å². The van der Waals surface area contributed by atoms with Crippen molar-refractivity contribution >= 4 is 53.4 Å². The van der Waals surface area contributed by atoms with Crippen LogP contribution in [0.4, 0.5) is 4.79 Å². The zero-order valence-electron chi connectivity index (χ0n) is 45.8. The van der Waals surface area contributed by atoms with Crippen LogP contribution < -0.4 is 42.5 Å². The van der Waals surface area contributed by atoms with Gasteiger partial charge in [0.25, 0.3) is 0 Å². The van der Waals surface area contributed by atoms with Gasteiger partial charge < -0.3 is 52.0 Å². The molecule has 398 valence electrons. The lowest BCUT2D eigenvalue weighted by Crippen LogP contribution is -2.59. The van der Waals surface area contributed by atoms with Crippen LogP contribution in [-0.2, 0) is 47.8 Å². The van der Waals surface area contributed by atoms with Gasteiger partial charge in [0.15, 0.2) is 0 Å². The van der Waals surface area contributed by atoms with Crippen LogP contribution in [0.15, 0.2) is 0 Å². The first-order chi connectivity index (χ1) is 31.3. The minimum atomic E-state index is -1.33. The monoisotopic (exact) mass is 981 g/mol. The molecule has 0 aromatic heterocycles. The number of rotatable bonds is 28. The van der Waals surface area contributed by atoms with Crippen molar-refractivity contribution < 1.29 is 52.6 Å². The predicted molar refractivity (Wildman–Crippen MR) is 266 cm³/mol. The van der Waals surface area contributed by atoms with Gasteiger partial charge in [0, 0.05) is 49.9 Å². The van der Waals surface area contributed by atoms with Crippen LogP contribution in [0.3, 0.4) is 0 Å². The largest absolute Gasteiger partial charge is 0.469 e. The number of esters is 1. The van der Waals surface area contributed by atoms with Crippen LogP contribution in [0.1, 0.15) is 183 Å². The molecule has 19 nitrogen and oxygen atoms in total. The van der Waals surface area contributed by atoms with Crippen molar-refractivity contribution in [1.29, 1.82) is 0 Å². The average molecular weight is 981 g/mol. The predicted octanol–water partition coefficient (Wildman–Crippen LogP) is 4.83. The summed E-state index contributed by atoms with van der Waals surface area (Å²) < 4.78 is 10.0. The Balaban J connectivity index is 5.38. The first kappa shape index (κ1) is 64.0. The highest BCUT2D eigenvalue weighted by Crippen LogP contribution is 2.18. The van der Waals surface area contributed by atoms with Gasteiger partial charge in [-0.15, -0.1) is 0 Å². The van der Waals surface area contributed by atoms with Gasteiger partial charge in [0.2, 0.25) is 41.4 Å². The van der Waals surface area contributed by atoms with Crippen LogP contribution in [0.2, 0.25) is 0 Å². The molecular formula is C50H92N8O11. The van der Waals surface area contributed by atoms with Crippen molar-refractivity contribution in [3.05, 3.63) is 0 Å². The van der Waals surface area contributed by atoms with Crippen LogP contribution >= 0.6 is 0 Å². The Kier molecular flexibility index (Phi) is 25.5. The molecule has 0 aromatic rings. The Labute approximate surface area is 413 Å². The molecule has 8 amide bonds. The summed E-state index contributed by atoms with van der Waals surface area (Å²) in [5.41, 5.74) is -5.96. The van der Waals surface area contributed by atoms with Crippen molar-refractivity contribution in [3.8, 4) is 0 Å². The molecule has 0 fully saturated rings. The zero-order chi connectivity index (χ0) is 54.0. The second-order valence-electron chi connectivity index (χ2n) is 22.8. The van der Waals surface area contributed by atoms with Crippen molar-refractivity contribution in [2.24, 2.45) is 23.7 Å². The molecule has 0 bridgehead atoms. The smallest absolute Gasteiger partial charge is 0.408 e. The zero-order valence-corrected chi connectivity index (χ0v) is 45.8. The minimum Gasteiger partial charge on any atom is -0.469 e. The highest BCUT2D eigenvalue weighted by atomic mass is 16.6. The summed E-state index contributed by atoms with van der Waals surface area (Å²) in [4.78, 5) is 117. The van der Waals surface area contributed by atoms with Crippen LogP contribution in [0.25, 0.3) is 0 Å². The van der Waals surface area contributed by atoms with Crippen LogP contribution in [-0.4, -0.2) is 112 Å². The van der Waals surface area contributed by atoms with E-state index >= 15 is 0 Å². The van der Waals surface area contributed by atoms with E-state index in [0.29, 0.717) is 6.42 Å². The standard InChI is InChI=1S/C50H92N8O11/c1-29(2)33(51-42(64)48(14,15)56-39(61)27-23-35(31(5)6)53-44(66)50(18,19)58-45(67)69-46(9,10)11)21-25-37(59)55-47(12,13)41(63)52-34(30(3)4)22-26-38(60)57-49(16,17)43(65)54-36(32(7)8)24-28-40(62)68-20/h29-36H,21-28H2,1-20H3,(H,51,64)(H,52,63)(H,53,66)(H,54,65)(H,55,59)(H,56,61)(H,57,60)(H,58,67). The summed E-state index contributed by atoms with van der Waals surface area (Å²) in [6.07, 6.45) is 0.583. The van der Waals surface area contributed by atoms with Crippen molar-refractivity contribution in [2.45, 2.75) is 235 Å². The molecule has 4 unspecified atom stereocenters. The first-order valence-corrected chi connectivity index (χ1v) is 24.5. The van der Waals surface area contributed by atoms with E-state index in [1.807, 2.05) is 55.4 Å². The van der Waals surface area contributed by atoms with Gasteiger partial charge in [0.1, 0.15) is 27.8 Å². The third kappa shape index (κ3) is 24.4. The summed E-state index contributed by atoms with van der Waals surface area (Å²) in [7, 11) is 1.31. The van der Waals surface area contributed by atoms with Gasteiger partial charge in [0.05, 0.1) is 7.11 Å². The van der Waals surface area contributed by atoms with E-state index < -0.39 is 87.4 Å². The van der Waals surface area contributed by atoms with Crippen molar-refractivity contribution in [2.75, 3.05) is 7.11 Å². The molecular weight excluding hydrogens is 889 g/mol. The second-order valence-corrected chi connectivity index (χ2v) is 22.8. The van der Waals surface area contributed by atoms with E-state index in [-0.39, 0.29) is 86.5 Å². The molecule has 69 heavy (non-hydrogen) atoms. The van der Waals surface area contributed by atoms with Crippen LogP contribution in [0, 0.1) is 23.7 Å². The molecule has 19 heteroatoms. The molecule has 4 atom stereocenters. The first-order valence-electron chi connectivity index (χ1n) is 24.5. The second kappa shape index (κ2) is 27.4. The SMILES string of the molecule is COC(=O)CCC(NC(=O)C(C)(C)NC(=O)CCC(NC(=O)C(C)(C)NC(=O)CCC(NC(=O)C(C)(C)NC(=O)CCC(NC(=O)C(C)(C)NC(=O)OC(C)(C)C)C(C)C)C(C)C)C(C)C)C(C)C. The fraction of sp³-hybridized carbons (Fsp3) is 0.820. The summed E-state index contributed by atoms with van der Waals surface area (Å²) in [6, 6.07) is -1.61. The molecule has 0 aliphatic rings. The average Bonchev–Trinajstić information content (AvgIpc) is 3.18. The summed E-state index contributed by atoms with van der Waals surface area (Å²) in [5.74, 6) is -3.51. The maximum Gasteiger partial charge on any atom is 0.408 e. The normalized spacial score (nSPS) is 14.2. The quantitative estimate of drug-likeness (QED) is 0.0492. The molecule has 8 N–H and O–H groups in total. The Morgan fingerprint density at radius 1 is 0.377 bits per heavy atom. The molecule has 0 saturated carbocycles. The number of amides is 8. The summed E-state index contributed by atoms with van der Waals surface area (Å²) in [6.45, 7) is 33.1. The fourth-order valence-electron chi connectivity index (χ4n) is 6.94. The molecule has 0 aromatic carbocycles. The topological polar surface area (TPSA) is 268 Å². The molecule has 0 heterocycles. The molecule has 0 radical (unpaired) electrons. The molecule has 0 saturated heterocycles. The van der Waals surface area contributed by atoms with E-state index in [0.717, 1.165) is 0 Å². The van der Waals surface area contributed by atoms with E-state index in [1.54, 1.807) is 76.2 Å². The Morgan fingerprint density at radius 2 is 0.609 bits per heavy atom. The Hall–Kier alpha value is -4.97. The van der Waals surface area contributed by atoms with Crippen molar-refractivity contribution in [1.82, 2.24) is 42.5 Å². The van der Waals surface area contributed by atoms with Gasteiger partial charge >= 0.3 is 12.1 Å². The van der Waals surface area contributed by atoms with E-state index in [2.05, 4.69) is 42.5 Å². The number of alkyl carbamates (subject to hydrolysis) is 1. The molecule has 0 spiro atoms. The number of hydrogen-bond acceptors (Lipinski definition) is 11. The maximum atomic E-state index is 13.6. The molecule has 0 aliphatic heterocycles. The lowest BCUT2D eigenvalue weighted by molar-refractivity contribution is -0.141. The third-order valence-electron chi connectivity index (χ3n) is 11.9. The Bertz CT molecular complexity index is 1770. The lowest BCUT2D eigenvalue weighted by Gasteiger charge is -2.32. The van der Waals surface area contributed by atoms with Crippen molar-refractivity contribution in [3.63, 3.8) is 0 Å². The van der Waals surface area contributed by atoms with E-state index in [1.165, 1.54) is 7.11 Å². The highest BCUT2D eigenvalue weighted by molar-refractivity contribution is 5.93. The lowest BCUT2D eigenvalue weighted by atomic mass is 9.94. The van der Waals surface area contributed by atoms with Gasteiger partial charge in [-0.05, 0) is 126 Å². The summed E-state index contributed by atoms with van der Waals surface area (Å²) >= 11 is 0. The minimum absolute atomic E-state index is 0.00428. The summed E-state index contributed by atoms with van der Waals surface area (Å²) in [5, 5.41) is 22.8. The van der Waals surface area contributed by atoms with Gasteiger partial charge in [-0.25, -0.2) is 4.79 Å². The van der Waals surface area contributed by atoms with E-state index in [9.17, 15) is 43.2 Å². The number of ether oxygens (including phenoxy) is 2. The van der Waals surface area contributed by atoms with Gasteiger partial charge in [-0.1, -0.05) is 55.4 Å². The third-order valence-corrected chi connectivity index (χ3v) is 11.9. The number of methoxy groups -OCH3 is 1. The Morgan fingerprint density at radius 3 is 0.826 bits per heavy atom. The highest BCUT2D eigenvalue weighted by Gasteiger charge is 2.37. The maximum absolute atomic E-state index is 13.6. The van der Waals surface area contributed by atoms with Gasteiger partial charge in [-0.2, -0.15) is 0 Å². The number of hydrogen-bond donors (Lipinski definition) is 8.